The fraction of sp³-hybridized carbons (Fsp3) is 0.533. The predicted molar refractivity (Wildman–Crippen MR) is 148 cm³/mol. The van der Waals surface area contributed by atoms with Crippen LogP contribution in [0.1, 0.15) is 69.4 Å². The number of methoxy groups -OCH3 is 1. The maximum atomic E-state index is 14.2. The number of amides is 1. The van der Waals surface area contributed by atoms with Gasteiger partial charge in [-0.15, -0.1) is 0 Å². The van der Waals surface area contributed by atoms with E-state index in [0.717, 1.165) is 47.6 Å². The molecular formula is C30H42N4O2. The number of anilines is 1. The maximum Gasteiger partial charge on any atom is 0.247 e. The van der Waals surface area contributed by atoms with E-state index in [4.69, 9.17) is 9.72 Å². The number of nitrogens with zero attached hydrogens (tertiary/aromatic N) is 4. The van der Waals surface area contributed by atoms with Crippen LogP contribution >= 0.6 is 0 Å². The molecule has 0 radical (unpaired) electrons. The van der Waals surface area contributed by atoms with E-state index >= 15 is 0 Å². The third-order valence-electron chi connectivity index (χ3n) is 7.60. The average Bonchev–Trinajstić information content (AvgIpc) is 3.03. The fourth-order valence-corrected chi connectivity index (χ4v) is 5.69. The number of imidazole rings is 1. The van der Waals surface area contributed by atoms with E-state index in [2.05, 4.69) is 67.5 Å². The SMILES string of the molecule is CCc1cccc(C)c1N(C(=O)Cn1c(C(C)N2CCCCCC2)nc2ccccc21)C(C)COC. The van der Waals surface area contributed by atoms with Crippen molar-refractivity contribution in [3.63, 3.8) is 0 Å². The van der Waals surface area contributed by atoms with Gasteiger partial charge < -0.3 is 14.2 Å². The Bertz CT molecular complexity index is 1160. The molecule has 0 bridgehead atoms. The highest BCUT2D eigenvalue weighted by Crippen LogP contribution is 2.30. The molecule has 1 aromatic heterocycles. The van der Waals surface area contributed by atoms with E-state index in [0.29, 0.717) is 6.61 Å². The van der Waals surface area contributed by atoms with Gasteiger partial charge in [-0.1, -0.05) is 50.1 Å². The van der Waals surface area contributed by atoms with Gasteiger partial charge in [-0.05, 0) is 76.4 Å². The van der Waals surface area contributed by atoms with Gasteiger partial charge in [0.1, 0.15) is 12.4 Å². The largest absolute Gasteiger partial charge is 0.383 e. The van der Waals surface area contributed by atoms with E-state index in [-0.39, 0.29) is 24.5 Å². The number of aromatic nitrogens is 2. The van der Waals surface area contributed by atoms with Crippen LogP contribution in [0.2, 0.25) is 0 Å². The Labute approximate surface area is 216 Å². The van der Waals surface area contributed by atoms with Crippen molar-refractivity contribution >= 4 is 22.6 Å². The van der Waals surface area contributed by atoms with Gasteiger partial charge in [-0.25, -0.2) is 4.98 Å². The summed E-state index contributed by atoms with van der Waals surface area (Å²) in [5, 5.41) is 0. The van der Waals surface area contributed by atoms with E-state index in [9.17, 15) is 4.79 Å². The van der Waals surface area contributed by atoms with Gasteiger partial charge in [0.15, 0.2) is 0 Å². The van der Waals surface area contributed by atoms with Gasteiger partial charge >= 0.3 is 0 Å². The number of para-hydroxylation sites is 3. The van der Waals surface area contributed by atoms with Gasteiger partial charge in [0.25, 0.3) is 0 Å². The molecular weight excluding hydrogens is 448 g/mol. The molecule has 1 aliphatic rings. The number of hydrogen-bond donors (Lipinski definition) is 0. The molecule has 1 saturated heterocycles. The van der Waals surface area contributed by atoms with Crippen molar-refractivity contribution in [3.05, 3.63) is 59.4 Å². The van der Waals surface area contributed by atoms with Gasteiger partial charge in [-0.2, -0.15) is 0 Å². The molecule has 2 aromatic carbocycles. The summed E-state index contributed by atoms with van der Waals surface area (Å²) in [5.41, 5.74) is 5.27. The molecule has 4 rings (SSSR count). The average molecular weight is 491 g/mol. The molecule has 0 aliphatic carbocycles. The third-order valence-corrected chi connectivity index (χ3v) is 7.60. The van der Waals surface area contributed by atoms with E-state index < -0.39 is 0 Å². The highest BCUT2D eigenvalue weighted by molar-refractivity contribution is 5.96. The minimum Gasteiger partial charge on any atom is -0.383 e. The van der Waals surface area contributed by atoms with Crippen LogP contribution < -0.4 is 4.90 Å². The molecule has 2 unspecified atom stereocenters. The van der Waals surface area contributed by atoms with Crippen molar-refractivity contribution in [2.75, 3.05) is 31.7 Å². The molecule has 0 N–H and O–H groups in total. The number of fused-ring (bicyclic) bond motifs is 1. The Balaban J connectivity index is 1.75. The lowest BCUT2D eigenvalue weighted by Crippen LogP contribution is -2.44. The topological polar surface area (TPSA) is 50.6 Å². The van der Waals surface area contributed by atoms with Crippen LogP contribution in [-0.4, -0.2) is 53.2 Å². The molecule has 1 fully saturated rings. The first kappa shape index (κ1) is 26.4. The molecule has 2 atom stereocenters. The first-order chi connectivity index (χ1) is 17.5. The minimum atomic E-state index is -0.0878. The number of aryl methyl sites for hydroxylation is 2. The van der Waals surface area contributed by atoms with Crippen molar-refractivity contribution in [2.45, 2.75) is 78.4 Å². The molecule has 1 aliphatic heterocycles. The predicted octanol–water partition coefficient (Wildman–Crippen LogP) is 5.91. The zero-order valence-electron chi connectivity index (χ0n) is 22.7. The first-order valence-electron chi connectivity index (χ1n) is 13.5. The number of carbonyl (C=O) groups is 1. The summed E-state index contributed by atoms with van der Waals surface area (Å²) in [6, 6.07) is 14.6. The molecule has 194 valence electrons. The van der Waals surface area contributed by atoms with Crippen molar-refractivity contribution in [1.82, 2.24) is 14.5 Å². The van der Waals surface area contributed by atoms with Gasteiger partial charge in [0, 0.05) is 7.11 Å². The normalized spacial score (nSPS) is 16.6. The second kappa shape index (κ2) is 12.0. The maximum absolute atomic E-state index is 14.2. The zero-order chi connectivity index (χ0) is 25.7. The molecule has 0 spiro atoms. The van der Waals surface area contributed by atoms with Crippen LogP contribution in [-0.2, 0) is 22.5 Å². The van der Waals surface area contributed by atoms with Gasteiger partial charge in [0.05, 0.1) is 35.4 Å². The summed E-state index contributed by atoms with van der Waals surface area (Å²) >= 11 is 0. The number of benzene rings is 2. The van der Waals surface area contributed by atoms with Gasteiger partial charge in [-0.3, -0.25) is 9.69 Å². The molecule has 6 nitrogen and oxygen atoms in total. The second-order valence-corrected chi connectivity index (χ2v) is 10.2. The Hall–Kier alpha value is -2.70. The number of rotatable bonds is 9. The highest BCUT2D eigenvalue weighted by atomic mass is 16.5. The van der Waals surface area contributed by atoms with Crippen molar-refractivity contribution in [1.29, 1.82) is 0 Å². The molecule has 2 heterocycles. The van der Waals surface area contributed by atoms with Crippen LogP contribution in [0.5, 0.6) is 0 Å². The van der Waals surface area contributed by atoms with Crippen LogP contribution in [0.4, 0.5) is 5.69 Å². The molecule has 6 heteroatoms. The van der Waals surface area contributed by atoms with Crippen LogP contribution in [0, 0.1) is 6.92 Å². The van der Waals surface area contributed by atoms with Crippen molar-refractivity contribution in [3.8, 4) is 0 Å². The van der Waals surface area contributed by atoms with Gasteiger partial charge in [0.2, 0.25) is 5.91 Å². The minimum absolute atomic E-state index is 0.0658. The second-order valence-electron chi connectivity index (χ2n) is 10.2. The lowest BCUT2D eigenvalue weighted by molar-refractivity contribution is -0.119. The van der Waals surface area contributed by atoms with Crippen molar-refractivity contribution in [2.24, 2.45) is 0 Å². The molecule has 36 heavy (non-hydrogen) atoms. The number of likely N-dealkylation sites (tertiary alicyclic amines) is 1. The Kier molecular flexibility index (Phi) is 8.81. The molecule has 1 amide bonds. The number of carbonyl (C=O) groups excluding carboxylic acids is 1. The molecule has 0 saturated carbocycles. The van der Waals surface area contributed by atoms with E-state index in [1.807, 2.05) is 17.0 Å². The quantitative estimate of drug-likeness (QED) is 0.374. The van der Waals surface area contributed by atoms with Crippen LogP contribution in [0.25, 0.3) is 11.0 Å². The first-order valence-corrected chi connectivity index (χ1v) is 13.5. The van der Waals surface area contributed by atoms with E-state index in [1.165, 1.54) is 31.2 Å². The lowest BCUT2D eigenvalue weighted by Gasteiger charge is -2.33. The number of ether oxygens (including phenoxy) is 1. The Morgan fingerprint density at radius 3 is 2.47 bits per heavy atom. The standard InChI is InChI=1S/C30H42N4O2/c1-6-25-15-13-14-22(2)29(25)34(23(3)21-36-5)28(35)20-33-27-17-10-9-16-26(27)31-30(33)24(4)32-18-11-7-8-12-19-32/h9-10,13-17,23-24H,6-8,11-12,18-21H2,1-5H3. The van der Waals surface area contributed by atoms with Crippen molar-refractivity contribution < 1.29 is 9.53 Å². The van der Waals surface area contributed by atoms with Crippen LogP contribution in [0.3, 0.4) is 0 Å². The fourth-order valence-electron chi connectivity index (χ4n) is 5.69. The summed E-state index contributed by atoms with van der Waals surface area (Å²) in [6.45, 7) is 11.4. The zero-order valence-corrected chi connectivity index (χ0v) is 22.7. The Morgan fingerprint density at radius 1 is 1.06 bits per heavy atom. The molecule has 3 aromatic rings. The number of hydrogen-bond acceptors (Lipinski definition) is 4. The summed E-state index contributed by atoms with van der Waals surface area (Å²) in [7, 11) is 1.70. The van der Waals surface area contributed by atoms with E-state index in [1.54, 1.807) is 7.11 Å². The summed E-state index contributed by atoms with van der Waals surface area (Å²) in [5.74, 6) is 1.04. The third kappa shape index (κ3) is 5.50. The van der Waals surface area contributed by atoms with Crippen LogP contribution in [0.15, 0.2) is 42.5 Å². The lowest BCUT2D eigenvalue weighted by atomic mass is 10.0. The summed E-state index contributed by atoms with van der Waals surface area (Å²) < 4.78 is 7.66. The highest BCUT2D eigenvalue weighted by Gasteiger charge is 2.29. The smallest absolute Gasteiger partial charge is 0.247 e. The Morgan fingerprint density at radius 2 is 1.78 bits per heavy atom. The summed E-state index contributed by atoms with van der Waals surface area (Å²) in [4.78, 5) is 23.8. The monoisotopic (exact) mass is 490 g/mol. The summed E-state index contributed by atoms with van der Waals surface area (Å²) in [6.07, 6.45) is 5.89.